The third-order valence-corrected chi connectivity index (χ3v) is 3.41. The number of halogens is 4. The SMILES string of the molecule is Oc1cc(C(F)(F)F)c(CC2CCCN2)cc1Cl. The number of alkyl halides is 3. The van der Waals surface area contributed by atoms with Crippen LogP contribution >= 0.6 is 11.6 Å². The van der Waals surface area contributed by atoms with Gasteiger partial charge in [0, 0.05) is 6.04 Å². The second kappa shape index (κ2) is 4.97. The Hall–Kier alpha value is -0.940. The fourth-order valence-corrected chi connectivity index (χ4v) is 2.42. The molecule has 1 atom stereocenters. The molecule has 0 radical (unpaired) electrons. The van der Waals surface area contributed by atoms with E-state index in [1.54, 1.807) is 0 Å². The van der Waals surface area contributed by atoms with Gasteiger partial charge in [-0.3, -0.25) is 0 Å². The highest BCUT2D eigenvalue weighted by Crippen LogP contribution is 2.38. The Bertz CT molecular complexity index is 442. The number of phenolic OH excluding ortho intramolecular Hbond substituents is 1. The van der Waals surface area contributed by atoms with E-state index in [0.717, 1.165) is 19.4 Å². The Morgan fingerprint density at radius 2 is 2.11 bits per heavy atom. The quantitative estimate of drug-likeness (QED) is 0.870. The highest BCUT2D eigenvalue weighted by atomic mass is 35.5. The summed E-state index contributed by atoms with van der Waals surface area (Å²) in [7, 11) is 0. The number of aromatic hydroxyl groups is 1. The van der Waals surface area contributed by atoms with Gasteiger partial charge in [0.05, 0.1) is 10.6 Å². The molecule has 1 unspecified atom stereocenters. The third kappa shape index (κ3) is 2.90. The summed E-state index contributed by atoms with van der Waals surface area (Å²) in [6, 6.07) is 1.96. The molecule has 0 aliphatic carbocycles. The first-order chi connectivity index (χ1) is 8.38. The second-order valence-corrected chi connectivity index (χ2v) is 4.86. The molecule has 6 heteroatoms. The van der Waals surface area contributed by atoms with E-state index in [1.165, 1.54) is 6.07 Å². The van der Waals surface area contributed by atoms with Crippen molar-refractivity contribution in [1.29, 1.82) is 0 Å². The van der Waals surface area contributed by atoms with E-state index in [-0.39, 0.29) is 23.0 Å². The summed E-state index contributed by atoms with van der Waals surface area (Å²) < 4.78 is 38.6. The molecule has 0 saturated carbocycles. The molecule has 1 fully saturated rings. The molecule has 1 aromatic rings. The van der Waals surface area contributed by atoms with Crippen LogP contribution < -0.4 is 5.32 Å². The summed E-state index contributed by atoms with van der Waals surface area (Å²) >= 11 is 5.68. The third-order valence-electron chi connectivity index (χ3n) is 3.11. The van der Waals surface area contributed by atoms with Crippen LogP contribution in [0.1, 0.15) is 24.0 Å². The Morgan fingerprint density at radius 3 is 2.67 bits per heavy atom. The van der Waals surface area contributed by atoms with Crippen molar-refractivity contribution in [3.8, 4) is 5.75 Å². The number of benzene rings is 1. The monoisotopic (exact) mass is 279 g/mol. The van der Waals surface area contributed by atoms with Crippen LogP contribution in [0.3, 0.4) is 0 Å². The summed E-state index contributed by atoms with van der Waals surface area (Å²) in [5, 5.41) is 12.4. The minimum absolute atomic E-state index is 0.0454. The van der Waals surface area contributed by atoms with Crippen LogP contribution in [-0.2, 0) is 12.6 Å². The first-order valence-electron chi connectivity index (χ1n) is 5.70. The Kier molecular flexibility index (Phi) is 3.73. The van der Waals surface area contributed by atoms with Crippen molar-refractivity contribution in [3.63, 3.8) is 0 Å². The normalized spacial score (nSPS) is 20.3. The molecule has 1 saturated heterocycles. The molecule has 100 valence electrons. The van der Waals surface area contributed by atoms with Gasteiger partial charge in [0.25, 0.3) is 0 Å². The van der Waals surface area contributed by atoms with Gasteiger partial charge in [-0.2, -0.15) is 13.2 Å². The Balaban J connectivity index is 2.34. The van der Waals surface area contributed by atoms with Gasteiger partial charge in [0.15, 0.2) is 0 Å². The highest BCUT2D eigenvalue weighted by molar-refractivity contribution is 6.32. The van der Waals surface area contributed by atoms with Crippen molar-refractivity contribution in [1.82, 2.24) is 5.32 Å². The van der Waals surface area contributed by atoms with Crippen LogP contribution in [0.15, 0.2) is 12.1 Å². The second-order valence-electron chi connectivity index (χ2n) is 4.46. The summed E-state index contributed by atoms with van der Waals surface area (Å²) in [4.78, 5) is 0. The van der Waals surface area contributed by atoms with Crippen molar-refractivity contribution in [2.24, 2.45) is 0 Å². The van der Waals surface area contributed by atoms with Gasteiger partial charge in [0.2, 0.25) is 0 Å². The zero-order chi connectivity index (χ0) is 13.3. The molecule has 1 aliphatic rings. The van der Waals surface area contributed by atoms with E-state index in [1.807, 2.05) is 0 Å². The molecule has 1 aliphatic heterocycles. The molecule has 1 aromatic carbocycles. The maximum absolute atomic E-state index is 12.9. The van der Waals surface area contributed by atoms with E-state index < -0.39 is 17.5 Å². The fourth-order valence-electron chi connectivity index (χ4n) is 2.23. The molecule has 2 N–H and O–H groups in total. The lowest BCUT2D eigenvalue weighted by Gasteiger charge is -2.17. The van der Waals surface area contributed by atoms with E-state index >= 15 is 0 Å². The molecular weight excluding hydrogens is 267 g/mol. The van der Waals surface area contributed by atoms with Crippen LogP contribution in [0.2, 0.25) is 5.02 Å². The minimum Gasteiger partial charge on any atom is -0.506 e. The van der Waals surface area contributed by atoms with Crippen LogP contribution in [0, 0.1) is 0 Å². The van der Waals surface area contributed by atoms with Crippen molar-refractivity contribution in [2.45, 2.75) is 31.5 Å². The summed E-state index contributed by atoms with van der Waals surface area (Å²) in [6.07, 6.45) is -2.38. The number of nitrogens with one attached hydrogen (secondary N) is 1. The first-order valence-corrected chi connectivity index (χ1v) is 6.07. The summed E-state index contributed by atoms with van der Waals surface area (Å²) in [5.41, 5.74) is -0.678. The average molecular weight is 280 g/mol. The van der Waals surface area contributed by atoms with Crippen LogP contribution in [0.25, 0.3) is 0 Å². The number of phenols is 1. The molecular formula is C12H13ClF3NO. The lowest BCUT2D eigenvalue weighted by atomic mass is 9.98. The smallest absolute Gasteiger partial charge is 0.416 e. The number of rotatable bonds is 2. The minimum atomic E-state index is -4.48. The van der Waals surface area contributed by atoms with E-state index in [0.29, 0.717) is 6.07 Å². The summed E-state index contributed by atoms with van der Waals surface area (Å²) in [6.45, 7) is 0.831. The average Bonchev–Trinajstić information content (AvgIpc) is 2.74. The Labute approximate surface area is 108 Å². The maximum Gasteiger partial charge on any atom is 0.416 e. The predicted molar refractivity (Wildman–Crippen MR) is 62.8 cm³/mol. The number of hydrogen-bond donors (Lipinski definition) is 2. The molecule has 18 heavy (non-hydrogen) atoms. The van der Waals surface area contributed by atoms with Gasteiger partial charge in [-0.25, -0.2) is 0 Å². The van der Waals surface area contributed by atoms with Crippen molar-refractivity contribution in [3.05, 3.63) is 28.3 Å². The van der Waals surface area contributed by atoms with E-state index in [2.05, 4.69) is 5.32 Å². The van der Waals surface area contributed by atoms with Gasteiger partial charge >= 0.3 is 6.18 Å². The fraction of sp³-hybridized carbons (Fsp3) is 0.500. The largest absolute Gasteiger partial charge is 0.506 e. The van der Waals surface area contributed by atoms with Crippen molar-refractivity contribution >= 4 is 11.6 Å². The predicted octanol–water partition coefficient (Wildman–Crippen LogP) is 3.36. The zero-order valence-electron chi connectivity index (χ0n) is 9.52. The molecule has 0 amide bonds. The van der Waals surface area contributed by atoms with Crippen LogP contribution in [-0.4, -0.2) is 17.7 Å². The Morgan fingerprint density at radius 1 is 1.39 bits per heavy atom. The number of hydrogen-bond acceptors (Lipinski definition) is 2. The van der Waals surface area contributed by atoms with Gasteiger partial charge in [-0.05, 0) is 43.5 Å². The van der Waals surface area contributed by atoms with E-state index in [4.69, 9.17) is 11.6 Å². The molecule has 2 nitrogen and oxygen atoms in total. The molecule has 0 aromatic heterocycles. The van der Waals surface area contributed by atoms with Crippen LogP contribution in [0.5, 0.6) is 5.75 Å². The van der Waals surface area contributed by atoms with Crippen molar-refractivity contribution in [2.75, 3.05) is 6.54 Å². The highest BCUT2D eigenvalue weighted by Gasteiger charge is 2.35. The van der Waals surface area contributed by atoms with E-state index in [9.17, 15) is 18.3 Å². The molecule has 2 rings (SSSR count). The maximum atomic E-state index is 12.9. The van der Waals surface area contributed by atoms with Crippen molar-refractivity contribution < 1.29 is 18.3 Å². The zero-order valence-corrected chi connectivity index (χ0v) is 10.3. The first kappa shape index (κ1) is 13.5. The van der Waals surface area contributed by atoms with Gasteiger partial charge in [0.1, 0.15) is 5.75 Å². The molecule has 1 heterocycles. The van der Waals surface area contributed by atoms with Gasteiger partial charge < -0.3 is 10.4 Å². The molecule has 0 bridgehead atoms. The van der Waals surface area contributed by atoms with Gasteiger partial charge in [-0.15, -0.1) is 0 Å². The molecule has 0 spiro atoms. The van der Waals surface area contributed by atoms with Crippen LogP contribution in [0.4, 0.5) is 13.2 Å². The standard InChI is InChI=1S/C12H13ClF3NO/c13-10-5-7(4-8-2-1-3-17-8)9(6-11(10)18)12(14,15)16/h5-6,8,17-18H,1-4H2. The lowest BCUT2D eigenvalue weighted by molar-refractivity contribution is -0.138. The summed E-state index contributed by atoms with van der Waals surface area (Å²) in [5.74, 6) is -0.535. The lowest BCUT2D eigenvalue weighted by Crippen LogP contribution is -2.25. The topological polar surface area (TPSA) is 32.3 Å². The van der Waals surface area contributed by atoms with Gasteiger partial charge in [-0.1, -0.05) is 11.6 Å².